The standard InChI is InChI=1S/C21H22ClFN2O3S2/c22-18-13-16(5-7-19(18)23)29-14-21(26)25-11-3-4-15-12-17(6-8-20(15)25)30(27,28)24-9-1-2-10-24/h5-8,12-13H,1-4,9-11,14H2. The minimum absolute atomic E-state index is 0.0301. The fraction of sp³-hybridized carbons (Fsp3) is 0.381. The molecule has 9 heteroatoms. The molecule has 0 atom stereocenters. The number of carbonyl (C=O) groups is 1. The summed E-state index contributed by atoms with van der Waals surface area (Å²) in [5.74, 6) is -0.372. The Morgan fingerprint density at radius 3 is 2.57 bits per heavy atom. The maximum atomic E-state index is 13.3. The van der Waals surface area contributed by atoms with Crippen LogP contribution in [0.1, 0.15) is 24.8 Å². The van der Waals surface area contributed by atoms with E-state index in [2.05, 4.69) is 0 Å². The predicted octanol–water partition coefficient (Wildman–Crippen LogP) is 4.34. The molecule has 0 unspecified atom stereocenters. The lowest BCUT2D eigenvalue weighted by Gasteiger charge is -2.30. The first-order valence-corrected chi connectivity index (χ1v) is 12.7. The number of thioether (sulfide) groups is 1. The molecule has 0 saturated carbocycles. The van der Waals surface area contributed by atoms with Crippen molar-refractivity contribution in [1.82, 2.24) is 4.31 Å². The van der Waals surface area contributed by atoms with Crippen molar-refractivity contribution in [2.24, 2.45) is 0 Å². The first-order chi connectivity index (χ1) is 14.4. The predicted molar refractivity (Wildman–Crippen MR) is 117 cm³/mol. The van der Waals surface area contributed by atoms with Crippen molar-refractivity contribution in [2.75, 3.05) is 30.3 Å². The minimum Gasteiger partial charge on any atom is -0.311 e. The Bertz CT molecular complexity index is 1070. The summed E-state index contributed by atoms with van der Waals surface area (Å²) in [6.45, 7) is 1.72. The Kier molecular flexibility index (Phi) is 6.39. The van der Waals surface area contributed by atoms with Crippen LogP contribution in [0, 0.1) is 5.82 Å². The first kappa shape index (κ1) is 21.6. The number of carbonyl (C=O) groups excluding carboxylic acids is 1. The molecule has 2 aliphatic heterocycles. The second-order valence-electron chi connectivity index (χ2n) is 7.42. The number of rotatable bonds is 5. The Hall–Kier alpha value is -1.61. The lowest BCUT2D eigenvalue weighted by Crippen LogP contribution is -2.37. The Balaban J connectivity index is 1.50. The molecule has 5 nitrogen and oxygen atoms in total. The average Bonchev–Trinajstić information content (AvgIpc) is 3.29. The van der Waals surface area contributed by atoms with Gasteiger partial charge in [0.25, 0.3) is 0 Å². The molecule has 2 aromatic carbocycles. The van der Waals surface area contributed by atoms with E-state index in [1.807, 2.05) is 0 Å². The molecule has 0 aliphatic carbocycles. The Morgan fingerprint density at radius 2 is 1.83 bits per heavy atom. The van der Waals surface area contributed by atoms with Crippen LogP contribution in [-0.2, 0) is 21.2 Å². The number of halogens is 2. The minimum atomic E-state index is -3.48. The summed E-state index contributed by atoms with van der Waals surface area (Å²) in [5.41, 5.74) is 1.65. The van der Waals surface area contributed by atoms with Crippen molar-refractivity contribution in [1.29, 1.82) is 0 Å². The smallest absolute Gasteiger partial charge is 0.243 e. The average molecular weight is 469 g/mol. The summed E-state index contributed by atoms with van der Waals surface area (Å²) in [6, 6.07) is 9.45. The Labute approximate surface area is 185 Å². The van der Waals surface area contributed by atoms with Gasteiger partial charge in [-0.2, -0.15) is 4.31 Å². The van der Waals surface area contributed by atoms with Gasteiger partial charge in [0.15, 0.2) is 0 Å². The van der Waals surface area contributed by atoms with Gasteiger partial charge in [-0.3, -0.25) is 4.79 Å². The van der Waals surface area contributed by atoms with Crippen LogP contribution in [0.2, 0.25) is 5.02 Å². The van der Waals surface area contributed by atoms with Crippen LogP contribution in [0.25, 0.3) is 0 Å². The number of aryl methyl sites for hydroxylation is 1. The maximum absolute atomic E-state index is 13.3. The van der Waals surface area contributed by atoms with Crippen molar-refractivity contribution in [3.05, 3.63) is 52.8 Å². The zero-order valence-corrected chi connectivity index (χ0v) is 18.7. The highest BCUT2D eigenvalue weighted by molar-refractivity contribution is 8.00. The molecule has 30 heavy (non-hydrogen) atoms. The van der Waals surface area contributed by atoms with E-state index >= 15 is 0 Å². The van der Waals surface area contributed by atoms with Gasteiger partial charge in [-0.1, -0.05) is 11.6 Å². The monoisotopic (exact) mass is 468 g/mol. The molecule has 2 heterocycles. The molecule has 1 amide bonds. The zero-order chi connectivity index (χ0) is 21.3. The topological polar surface area (TPSA) is 57.7 Å². The summed E-state index contributed by atoms with van der Waals surface area (Å²) in [7, 11) is -3.48. The molecule has 1 fully saturated rings. The van der Waals surface area contributed by atoms with Crippen molar-refractivity contribution < 1.29 is 17.6 Å². The molecule has 0 radical (unpaired) electrons. The molecular weight excluding hydrogens is 447 g/mol. The fourth-order valence-corrected chi connectivity index (χ4v) is 6.49. The highest BCUT2D eigenvalue weighted by atomic mass is 35.5. The molecule has 1 saturated heterocycles. The van der Waals surface area contributed by atoms with Gasteiger partial charge < -0.3 is 4.90 Å². The number of hydrogen-bond acceptors (Lipinski definition) is 4. The number of amides is 1. The van der Waals surface area contributed by atoms with Crippen LogP contribution < -0.4 is 4.90 Å². The first-order valence-electron chi connectivity index (χ1n) is 9.87. The number of hydrogen-bond donors (Lipinski definition) is 0. The summed E-state index contributed by atoms with van der Waals surface area (Å²) in [5, 5.41) is 0.0301. The largest absolute Gasteiger partial charge is 0.311 e. The van der Waals surface area contributed by atoms with E-state index in [0.29, 0.717) is 24.5 Å². The van der Waals surface area contributed by atoms with E-state index in [4.69, 9.17) is 11.6 Å². The van der Waals surface area contributed by atoms with Crippen LogP contribution in [0.3, 0.4) is 0 Å². The summed E-state index contributed by atoms with van der Waals surface area (Å²) in [4.78, 5) is 15.6. The second kappa shape index (κ2) is 8.86. The third kappa shape index (κ3) is 4.37. The van der Waals surface area contributed by atoms with E-state index < -0.39 is 15.8 Å². The van der Waals surface area contributed by atoms with Crippen LogP contribution in [0.15, 0.2) is 46.2 Å². The number of fused-ring (bicyclic) bond motifs is 1. The van der Waals surface area contributed by atoms with Gasteiger partial charge in [-0.25, -0.2) is 12.8 Å². The fourth-order valence-electron chi connectivity index (χ4n) is 3.86. The van der Waals surface area contributed by atoms with Gasteiger partial charge in [0.2, 0.25) is 15.9 Å². The van der Waals surface area contributed by atoms with Crippen LogP contribution >= 0.6 is 23.4 Å². The third-order valence-electron chi connectivity index (χ3n) is 5.43. The number of nitrogens with zero attached hydrogens (tertiary/aromatic N) is 2. The van der Waals surface area contributed by atoms with Crippen molar-refractivity contribution in [3.8, 4) is 0 Å². The Morgan fingerprint density at radius 1 is 1.07 bits per heavy atom. The number of benzene rings is 2. The lowest BCUT2D eigenvalue weighted by atomic mass is 10.0. The van der Waals surface area contributed by atoms with Crippen molar-refractivity contribution in [3.63, 3.8) is 0 Å². The highest BCUT2D eigenvalue weighted by Crippen LogP contribution is 2.32. The molecular formula is C21H22ClFN2O3S2. The molecule has 2 aromatic rings. The molecule has 0 bridgehead atoms. The normalized spacial score (nSPS) is 17.2. The molecule has 0 spiro atoms. The quantitative estimate of drug-likeness (QED) is 0.613. The zero-order valence-electron chi connectivity index (χ0n) is 16.3. The van der Waals surface area contributed by atoms with Crippen LogP contribution in [-0.4, -0.2) is 44.0 Å². The van der Waals surface area contributed by atoms with Crippen molar-refractivity contribution in [2.45, 2.75) is 35.5 Å². The molecule has 0 N–H and O–H groups in total. The van der Waals surface area contributed by atoms with Crippen LogP contribution in [0.4, 0.5) is 10.1 Å². The summed E-state index contributed by atoms with van der Waals surface area (Å²) >= 11 is 7.11. The SMILES string of the molecule is O=C(CSc1ccc(F)c(Cl)c1)N1CCCc2cc(S(=O)(=O)N3CCCC3)ccc21. The number of sulfonamides is 1. The van der Waals surface area contributed by atoms with Gasteiger partial charge >= 0.3 is 0 Å². The van der Waals surface area contributed by atoms with E-state index in [0.717, 1.165) is 41.8 Å². The molecule has 4 rings (SSSR count). The summed E-state index contributed by atoms with van der Waals surface area (Å²) in [6.07, 6.45) is 3.30. The van der Waals surface area contributed by atoms with E-state index in [1.54, 1.807) is 29.2 Å². The van der Waals surface area contributed by atoms with Gasteiger partial charge in [0, 0.05) is 30.2 Å². The molecule has 2 aliphatic rings. The van der Waals surface area contributed by atoms with Crippen LogP contribution in [0.5, 0.6) is 0 Å². The molecule has 0 aromatic heterocycles. The van der Waals surface area contributed by atoms with E-state index in [-0.39, 0.29) is 16.7 Å². The molecule has 160 valence electrons. The van der Waals surface area contributed by atoms with Gasteiger partial charge in [0.05, 0.1) is 15.7 Å². The van der Waals surface area contributed by atoms with Gasteiger partial charge in [-0.15, -0.1) is 11.8 Å². The highest BCUT2D eigenvalue weighted by Gasteiger charge is 2.29. The van der Waals surface area contributed by atoms with Gasteiger partial charge in [-0.05, 0) is 67.6 Å². The lowest BCUT2D eigenvalue weighted by molar-refractivity contribution is -0.116. The van der Waals surface area contributed by atoms with Crippen molar-refractivity contribution >= 4 is 45.0 Å². The number of anilines is 1. The van der Waals surface area contributed by atoms with E-state index in [1.165, 1.54) is 28.2 Å². The third-order valence-corrected chi connectivity index (χ3v) is 8.59. The van der Waals surface area contributed by atoms with E-state index in [9.17, 15) is 17.6 Å². The second-order valence-corrected chi connectivity index (χ2v) is 10.8. The summed E-state index contributed by atoms with van der Waals surface area (Å²) < 4.78 is 40.5. The maximum Gasteiger partial charge on any atom is 0.243 e. The van der Waals surface area contributed by atoms with Gasteiger partial charge in [0.1, 0.15) is 5.82 Å².